The summed E-state index contributed by atoms with van der Waals surface area (Å²) in [6.07, 6.45) is 3.84. The molecule has 0 N–H and O–H groups in total. The maximum Gasteiger partial charge on any atom is 0.269 e. The molecular formula is C67H58AuN5O-. The van der Waals surface area contributed by atoms with Crippen LogP contribution in [0.25, 0.3) is 105 Å². The molecule has 0 atom stereocenters. The van der Waals surface area contributed by atoms with Crippen LogP contribution in [0.1, 0.15) is 101 Å². The first-order chi connectivity index (χ1) is 35.6. The molecule has 5 heterocycles. The Morgan fingerprint density at radius 3 is 1.61 bits per heavy atom. The van der Waals surface area contributed by atoms with Crippen molar-refractivity contribution in [2.45, 2.75) is 79.1 Å². The Balaban J connectivity index is 0.000000152. The molecule has 6 nitrogen and oxygen atoms in total. The average molecular weight is 1150 g/mol. The van der Waals surface area contributed by atoms with E-state index in [2.05, 4.69) is 266 Å². The molecule has 2 aliphatic rings. The van der Waals surface area contributed by atoms with Crippen molar-refractivity contribution in [1.29, 1.82) is 0 Å². The molecule has 1 radical (unpaired) electrons. The van der Waals surface area contributed by atoms with E-state index in [0.29, 0.717) is 23.7 Å². The van der Waals surface area contributed by atoms with Crippen molar-refractivity contribution < 1.29 is 31.4 Å². The Bertz CT molecular complexity index is 4250. The van der Waals surface area contributed by atoms with Gasteiger partial charge in [0.15, 0.2) is 11.2 Å². The minimum absolute atomic E-state index is 0. The molecule has 0 fully saturated rings. The van der Waals surface area contributed by atoms with E-state index < -0.39 is 0 Å². The van der Waals surface area contributed by atoms with Crippen molar-refractivity contribution in [3.05, 3.63) is 217 Å². The molecule has 7 heteroatoms. The third-order valence-electron chi connectivity index (χ3n) is 15.2. The van der Waals surface area contributed by atoms with E-state index in [4.69, 9.17) is 4.42 Å². The van der Waals surface area contributed by atoms with Gasteiger partial charge in [-0.25, -0.2) is 0 Å². The van der Waals surface area contributed by atoms with Crippen molar-refractivity contribution >= 4 is 82.4 Å². The molecule has 0 saturated carbocycles. The van der Waals surface area contributed by atoms with Crippen molar-refractivity contribution in [1.82, 2.24) is 18.1 Å². The van der Waals surface area contributed by atoms with E-state index in [-0.39, 0.29) is 22.4 Å². The summed E-state index contributed by atoms with van der Waals surface area (Å²) >= 11 is 0. The Labute approximate surface area is 447 Å². The quantitative estimate of drug-likeness (QED) is 0.0515. The molecule has 369 valence electrons. The molecule has 14 rings (SSSR count). The van der Waals surface area contributed by atoms with Crippen LogP contribution in [0.5, 0.6) is 0 Å². The summed E-state index contributed by atoms with van der Waals surface area (Å²) in [7, 11) is 0. The molecule has 12 aromatic rings. The Hall–Kier alpha value is -7.61. The Morgan fingerprint density at radius 2 is 0.959 bits per heavy atom. The molecular weight excluding hydrogens is 1090 g/mol. The van der Waals surface area contributed by atoms with Crippen molar-refractivity contribution in [3.63, 3.8) is 0 Å². The molecule has 0 amide bonds. The van der Waals surface area contributed by atoms with Crippen molar-refractivity contribution in [2.75, 3.05) is 0 Å². The van der Waals surface area contributed by atoms with Gasteiger partial charge < -0.3 is 13.4 Å². The van der Waals surface area contributed by atoms with Gasteiger partial charge in [-0.1, -0.05) is 177 Å². The van der Waals surface area contributed by atoms with E-state index in [9.17, 15) is 0 Å². The number of nitrogens with zero attached hydrogens (tertiary/aromatic N) is 5. The Kier molecular flexibility index (Phi) is 11.8. The zero-order valence-electron chi connectivity index (χ0n) is 43.1. The van der Waals surface area contributed by atoms with Gasteiger partial charge in [0.05, 0.1) is 50.0 Å². The predicted octanol–water partition coefficient (Wildman–Crippen LogP) is 17.5. The van der Waals surface area contributed by atoms with Gasteiger partial charge in [0.1, 0.15) is 5.69 Å². The molecule has 2 aliphatic heterocycles. The van der Waals surface area contributed by atoms with E-state index in [1.165, 1.54) is 71.9 Å². The molecule has 0 spiro atoms. The van der Waals surface area contributed by atoms with Gasteiger partial charge in [0.2, 0.25) is 0 Å². The molecule has 0 unspecified atom stereocenters. The molecule has 3 aromatic heterocycles. The second-order valence-electron chi connectivity index (χ2n) is 21.0. The maximum atomic E-state index is 6.95. The summed E-state index contributed by atoms with van der Waals surface area (Å²) in [5.74, 6) is 1.71. The maximum absolute atomic E-state index is 6.95. The molecule has 0 bridgehead atoms. The van der Waals surface area contributed by atoms with Gasteiger partial charge in [0, 0.05) is 33.6 Å². The first-order valence-corrected chi connectivity index (χ1v) is 26.0. The van der Waals surface area contributed by atoms with Gasteiger partial charge in [0.25, 0.3) is 6.33 Å². The topological polar surface area (TPSA) is 36.2 Å². The number of imidazole rings is 1. The van der Waals surface area contributed by atoms with E-state index in [0.717, 1.165) is 55.5 Å². The zero-order valence-corrected chi connectivity index (χ0v) is 45.2. The standard InChI is InChI=1S/C36H20N3O.C31H38N2.Au/c1-2-11-22(12-3-1)37-28-17-6-7-18-29(28)38-30-19-8-9-20-32(30)40-36-34-26(21-31(37)35(36)38)25-15-10-14-24-23-13-4-5-16-27(23)39(34)33(24)25;1-20(2)24-13-11-14-25(21(3)4)30(24)32-19-33(29-18-10-9-17-28(29)32)31-26(22(5)6)15-12-16-27(31)23(7)8;/h1-9,11-21H;9-18,20-23H,1-8H3;/q-1;;. The second kappa shape index (κ2) is 18.4. The fourth-order valence-corrected chi connectivity index (χ4v) is 11.9. The van der Waals surface area contributed by atoms with E-state index >= 15 is 0 Å². The largest absolute Gasteiger partial charge is 0.451 e. The molecule has 0 saturated heterocycles. The van der Waals surface area contributed by atoms with Crippen LogP contribution in [0.3, 0.4) is 0 Å². The number of hydrogen-bond acceptors (Lipinski definition) is 1. The summed E-state index contributed by atoms with van der Waals surface area (Å²) in [4.78, 5) is 0. The van der Waals surface area contributed by atoms with Crippen LogP contribution >= 0.6 is 0 Å². The number of hydrogen-bond donors (Lipinski definition) is 0. The van der Waals surface area contributed by atoms with Gasteiger partial charge in [-0.05, 0) is 111 Å². The van der Waals surface area contributed by atoms with E-state index in [1.807, 2.05) is 6.07 Å². The smallest absolute Gasteiger partial charge is 0.269 e. The minimum Gasteiger partial charge on any atom is -0.451 e. The normalized spacial score (nSPS) is 12.2. The number of aromatic nitrogens is 5. The van der Waals surface area contributed by atoms with Crippen molar-refractivity contribution in [2.24, 2.45) is 0 Å². The fourth-order valence-electron chi connectivity index (χ4n) is 11.9. The number of benzene rings is 9. The van der Waals surface area contributed by atoms with Gasteiger partial charge in [-0.15, -0.1) is 10.8 Å². The van der Waals surface area contributed by atoms with E-state index in [1.54, 1.807) is 0 Å². The number of fused-ring (bicyclic) bond motifs is 12. The van der Waals surface area contributed by atoms with Crippen LogP contribution in [0.15, 0.2) is 186 Å². The van der Waals surface area contributed by atoms with Crippen LogP contribution in [0, 0.1) is 12.4 Å². The van der Waals surface area contributed by atoms with Crippen LogP contribution in [-0.4, -0.2) is 18.1 Å². The summed E-state index contributed by atoms with van der Waals surface area (Å²) < 4.78 is 18.7. The summed E-state index contributed by atoms with van der Waals surface area (Å²) in [6, 6.07) is 68.6. The SMILES string of the molecule is CC(C)c1cccc(C(C)C)c1-n1[c-][n+](-c2c(C(C)C)cccc2C(C)C)c2ccccc21.[Au].[c-]1cc2c3ccccc3n3c4c5oc6ccccc6n6c7ccccc7n(-c7ccccc7)c(cc4c(c1)c23)c5-6. The van der Waals surface area contributed by atoms with Gasteiger partial charge in [-0.3, -0.25) is 13.7 Å². The third kappa shape index (κ3) is 7.14. The zero-order chi connectivity index (χ0) is 49.8. The van der Waals surface area contributed by atoms with Crippen LogP contribution in [0.4, 0.5) is 0 Å². The third-order valence-corrected chi connectivity index (χ3v) is 15.2. The van der Waals surface area contributed by atoms with Crippen LogP contribution < -0.4 is 4.57 Å². The summed E-state index contributed by atoms with van der Waals surface area (Å²) in [5.41, 5.74) is 22.2. The Morgan fingerprint density at radius 1 is 0.432 bits per heavy atom. The first kappa shape index (κ1) is 47.4. The van der Waals surface area contributed by atoms with Crippen LogP contribution in [-0.2, 0) is 22.4 Å². The monoisotopic (exact) mass is 1150 g/mol. The van der Waals surface area contributed by atoms with Crippen molar-refractivity contribution in [3.8, 4) is 22.7 Å². The van der Waals surface area contributed by atoms with Gasteiger partial charge >= 0.3 is 0 Å². The number of para-hydroxylation sites is 10. The molecule has 74 heavy (non-hydrogen) atoms. The first-order valence-electron chi connectivity index (χ1n) is 26.0. The molecule has 9 aromatic carbocycles. The van der Waals surface area contributed by atoms with Gasteiger partial charge in [-0.2, -0.15) is 18.2 Å². The second-order valence-corrected chi connectivity index (χ2v) is 21.0. The summed E-state index contributed by atoms with van der Waals surface area (Å²) in [5, 5.41) is 4.79. The minimum atomic E-state index is 0. The van der Waals surface area contributed by atoms with Crippen LogP contribution in [0.2, 0.25) is 0 Å². The predicted molar refractivity (Wildman–Crippen MR) is 303 cm³/mol. The molecule has 0 aliphatic carbocycles. The summed E-state index contributed by atoms with van der Waals surface area (Å²) in [6.45, 7) is 18.3. The average Bonchev–Trinajstić information content (AvgIpc) is 4.11. The number of rotatable bonds is 7. The fraction of sp³-hybridized carbons (Fsp3) is 0.179.